The highest BCUT2D eigenvalue weighted by Gasteiger charge is 2.45. The quantitative estimate of drug-likeness (QED) is 0.0124. The molecule has 46 heteroatoms. The van der Waals surface area contributed by atoms with E-state index in [1.54, 1.807) is 76.2 Å². The fourth-order valence-electron chi connectivity index (χ4n) is 8.47. The van der Waals surface area contributed by atoms with E-state index in [4.69, 9.17) is 99.5 Å². The minimum atomic E-state index is -4.69. The van der Waals surface area contributed by atoms with Gasteiger partial charge in [-0.15, -0.1) is 0 Å². The number of anilines is 2. The van der Waals surface area contributed by atoms with Crippen LogP contribution in [0.5, 0.6) is 0 Å². The number of hydrazine groups is 2. The summed E-state index contributed by atoms with van der Waals surface area (Å²) >= 11 is 33.2. The highest BCUT2D eigenvalue weighted by atomic mass is 79.9. The van der Waals surface area contributed by atoms with Crippen LogP contribution in [0.25, 0.3) is 0 Å². The predicted octanol–water partition coefficient (Wildman–Crippen LogP) is 11.6. The van der Waals surface area contributed by atoms with E-state index in [2.05, 4.69) is 60.4 Å². The van der Waals surface area contributed by atoms with Crippen LogP contribution < -0.4 is 16.7 Å². The van der Waals surface area contributed by atoms with E-state index in [-0.39, 0.29) is 108 Å². The number of nitrogens with two attached hydrogens (primary N) is 1. The van der Waals surface area contributed by atoms with Gasteiger partial charge in [0.05, 0.1) is 35.5 Å². The topological polar surface area (TPSA) is 473 Å². The number of carboxylic acid groups (broad SMARTS) is 1. The number of imide groups is 1. The Morgan fingerprint density at radius 3 is 1.09 bits per heavy atom. The van der Waals surface area contributed by atoms with Crippen molar-refractivity contribution in [1.29, 1.82) is 0 Å². The number of hydrogen-bond acceptors (Lipinski definition) is 31. The van der Waals surface area contributed by atoms with E-state index >= 15 is 0 Å². The molecule has 0 unspecified atom stereocenters. The van der Waals surface area contributed by atoms with Gasteiger partial charge in [0.1, 0.15) is 33.1 Å². The van der Waals surface area contributed by atoms with Gasteiger partial charge in [-0.2, -0.15) is 31.4 Å². The van der Waals surface area contributed by atoms with Crippen LogP contribution in [0.15, 0.2) is 91.1 Å². The lowest BCUT2D eigenvalue weighted by atomic mass is 9.96. The SMILES string of the molecule is CC1=C(C)C(=O)OC1=O.CC1=C(CBr)C(=O)OC1=O.CC1=C(CCC(=O)O)C(=O)OC1=O.CC1=C(CCC(=O)OC(C)(C)C)C(=O)N(Nc2ccc(C(F)(F)F)c(Cl)n2)C1=O.CC1=C(CCC(=O)OC(C)(C)C)C(=O)OC1=O.CCOC(=O)C(C(=O)OCC)C1=C(C)C(=O)OC1=O.ClC(Cl)(Cl)Cl.NNc1ccc(C(F)(F)F)c(Cl)n1. The zero-order chi connectivity index (χ0) is 89.2. The molecule has 0 radical (unpaired) electrons. The van der Waals surface area contributed by atoms with Gasteiger partial charge in [-0.1, -0.05) is 85.5 Å². The first-order valence-corrected chi connectivity index (χ1v) is 35.9. The Labute approximate surface area is 688 Å². The highest BCUT2D eigenvalue weighted by Crippen LogP contribution is 2.37. The second-order valence-corrected chi connectivity index (χ2v) is 29.6. The number of rotatable bonds is 18. The normalized spacial score (nSPS) is 15.4. The van der Waals surface area contributed by atoms with Crippen molar-refractivity contribution in [3.63, 3.8) is 0 Å². The van der Waals surface area contributed by atoms with E-state index in [0.29, 0.717) is 38.7 Å². The minimum Gasteiger partial charge on any atom is -0.481 e. The summed E-state index contributed by atoms with van der Waals surface area (Å²) in [5.74, 6) is -8.71. The maximum atomic E-state index is 12.8. The van der Waals surface area contributed by atoms with Gasteiger partial charge >= 0.3 is 102 Å². The van der Waals surface area contributed by atoms with Gasteiger partial charge in [0, 0.05) is 80.3 Å². The molecule has 6 aliphatic rings. The van der Waals surface area contributed by atoms with Crippen LogP contribution in [0.1, 0.15) is 154 Å². The number of nitrogens with zero attached hydrogens (tertiary/aromatic N) is 3. The number of nitrogens with one attached hydrogen (secondary N) is 2. The first kappa shape index (κ1) is 103. The summed E-state index contributed by atoms with van der Waals surface area (Å²) in [4.78, 5) is 198. The molecule has 115 heavy (non-hydrogen) atoms. The van der Waals surface area contributed by atoms with Gasteiger partial charge in [0.2, 0.25) is 0 Å². The number of aliphatic carboxylic acids is 1. The summed E-state index contributed by atoms with van der Waals surface area (Å²) < 4.78 is 114. The number of halogens is 13. The van der Waals surface area contributed by atoms with Crippen LogP contribution in [-0.4, -0.2) is 154 Å². The Hall–Kier alpha value is -9.71. The van der Waals surface area contributed by atoms with Crippen LogP contribution in [0.4, 0.5) is 38.0 Å². The number of carbonyl (C=O) groups excluding carboxylic acids is 16. The number of carboxylic acids is 1. The third-order valence-electron chi connectivity index (χ3n) is 14.2. The summed E-state index contributed by atoms with van der Waals surface area (Å²) in [7, 11) is 0. The molecule has 8 heterocycles. The van der Waals surface area contributed by atoms with Crippen LogP contribution in [-0.2, 0) is 136 Å². The summed E-state index contributed by atoms with van der Waals surface area (Å²) in [5.41, 5.74) is 3.49. The maximum Gasteiger partial charge on any atom is 0.419 e. The second kappa shape index (κ2) is 45.0. The number of pyridine rings is 2. The summed E-state index contributed by atoms with van der Waals surface area (Å²) in [6.45, 7) is 24.0. The van der Waals surface area contributed by atoms with E-state index < -0.39 is 156 Å². The Kier molecular flexibility index (Phi) is 40.4. The van der Waals surface area contributed by atoms with Crippen molar-refractivity contribution in [2.24, 2.45) is 11.8 Å². The number of ether oxygens (including phenoxy) is 9. The Morgan fingerprint density at radius 2 is 0.809 bits per heavy atom. The van der Waals surface area contributed by atoms with Crippen LogP contribution in [0.3, 0.4) is 0 Å². The first-order valence-electron chi connectivity index (χ1n) is 32.5. The molecule has 632 valence electrons. The number of aromatic nitrogens is 2. The van der Waals surface area contributed by atoms with E-state index in [0.717, 1.165) is 18.2 Å². The van der Waals surface area contributed by atoms with Gasteiger partial charge in [-0.05, 0) is 147 Å². The third-order valence-corrected chi connectivity index (χ3v) is 15.4. The van der Waals surface area contributed by atoms with Crippen LogP contribution in [0, 0.1) is 5.92 Å². The number of cyclic esters (lactones) is 10. The Bertz CT molecular complexity index is 4370. The van der Waals surface area contributed by atoms with Crippen molar-refractivity contribution >= 4 is 199 Å². The second-order valence-electron chi connectivity index (χ2n) is 24.9. The van der Waals surface area contributed by atoms with E-state index in [1.807, 2.05) is 0 Å². The minimum absolute atomic E-state index is 0.0231. The maximum absolute atomic E-state index is 12.8. The van der Waals surface area contributed by atoms with Crippen molar-refractivity contribution in [3.8, 4) is 0 Å². The van der Waals surface area contributed by atoms with Gasteiger partial charge < -0.3 is 53.2 Å². The van der Waals surface area contributed by atoms with Crippen molar-refractivity contribution in [2.75, 3.05) is 29.4 Å². The number of nitrogen functional groups attached to an aromatic ring is 1. The zero-order valence-corrected chi connectivity index (χ0v) is 69.3. The summed E-state index contributed by atoms with van der Waals surface area (Å²) in [6, 6.07) is 3.54. The van der Waals surface area contributed by atoms with Crippen LogP contribution in [0.2, 0.25) is 10.3 Å². The average molecular weight is 1820 g/mol. The smallest absolute Gasteiger partial charge is 0.419 e. The fourth-order valence-corrected chi connectivity index (χ4v) is 9.64. The molecule has 2 aromatic heterocycles. The molecule has 0 aromatic carbocycles. The van der Waals surface area contributed by atoms with E-state index in [9.17, 15) is 108 Å². The molecule has 0 spiro atoms. The fraction of sp³-hybridized carbons (Fsp3) is 0.435. The standard InChI is InChI=1S/C18H19ClF3N3O4.C12H14O7.C12H16O5.C8H8O5.C6H5BrO3.C6H5ClF3N3.C6H6O3.CCl4/c1-9-10(5-8-13(26)29-17(2,3)4)16(28)25(15(9)27)24-12-7-6-11(14(19)23-12)18(20,21)22;1-4-17-10(14)8(11(15)18-5-2)7-6(3)9(13)19-12(7)16;1-7-8(11(15)16-10(7)14)5-6-9(13)17-12(2,3)4;1-4-5(2-3-6(9)10)8(12)13-7(4)11;1-3-4(2-7)6(9)10-5(3)8;7-5-3(6(8,9)10)1-2-4(12-5)13-11;1-3-4(2)6(8)9-5(3)7;2-1(3,4)5/h6-7H,5,8H2,1-4H3,(H,23,24);8H,4-5H2,1-3H3;5-6H2,1-4H3;2-3H2,1H3,(H,9,10);2H2,1H3;1-2H,11H2,(H,12,13);1-2H3;. The molecule has 2 aromatic rings. The summed E-state index contributed by atoms with van der Waals surface area (Å²) in [5, 5.41) is 7.90. The molecule has 0 aliphatic carbocycles. The van der Waals surface area contributed by atoms with Crippen molar-refractivity contribution < 1.29 is 156 Å². The number of hydrogen-bond donors (Lipinski definition) is 4. The predicted molar refractivity (Wildman–Crippen MR) is 393 cm³/mol. The highest BCUT2D eigenvalue weighted by molar-refractivity contribution is 9.09. The molecular weight excluding hydrogens is 1750 g/mol. The Morgan fingerprint density at radius 1 is 0.487 bits per heavy atom. The molecule has 0 fully saturated rings. The summed E-state index contributed by atoms with van der Waals surface area (Å²) in [6.07, 6.45) is -9.20. The monoisotopic (exact) mass is 1820 g/mol. The number of esters is 14. The lowest BCUT2D eigenvalue weighted by Gasteiger charge is -2.19. The molecule has 6 aliphatic heterocycles. The lowest BCUT2D eigenvalue weighted by Crippen LogP contribution is -2.37. The lowest BCUT2D eigenvalue weighted by molar-refractivity contribution is -0.162. The molecule has 8 rings (SSSR count). The van der Waals surface area contributed by atoms with Gasteiger partial charge in [0.25, 0.3) is 15.1 Å². The molecule has 0 saturated heterocycles. The molecular formula is C69H73BrCl6F6N6O27. The molecule has 2 amide bonds. The van der Waals surface area contributed by atoms with Crippen LogP contribution >= 0.6 is 85.5 Å². The van der Waals surface area contributed by atoms with Crippen molar-refractivity contribution in [3.05, 3.63) is 113 Å². The molecule has 0 bridgehead atoms. The zero-order valence-electron chi connectivity index (χ0n) is 63.1. The van der Waals surface area contributed by atoms with Gasteiger partial charge in [-0.3, -0.25) is 39.0 Å². The van der Waals surface area contributed by atoms with Gasteiger partial charge in [0.15, 0.2) is 5.92 Å². The average Bonchev–Trinajstić information content (AvgIpc) is 1.66. The number of alkyl halides is 11. The molecule has 0 saturated carbocycles. The molecule has 0 atom stereocenters. The first-order chi connectivity index (χ1) is 52.6. The van der Waals surface area contributed by atoms with Gasteiger partial charge in [-0.25, -0.2) is 63.8 Å². The largest absolute Gasteiger partial charge is 0.481 e. The van der Waals surface area contributed by atoms with E-state index in [1.165, 1.54) is 27.7 Å². The molecule has 33 nitrogen and oxygen atoms in total. The number of amides is 2. The Balaban J connectivity index is 0.000000685. The van der Waals surface area contributed by atoms with Crippen molar-refractivity contribution in [1.82, 2.24) is 15.0 Å². The van der Waals surface area contributed by atoms with Crippen molar-refractivity contribution in [2.45, 2.75) is 169 Å². The third kappa shape index (κ3) is 33.9. The number of carbonyl (C=O) groups is 17. The molecule has 5 N–H and O–H groups in total.